The van der Waals surface area contributed by atoms with Crippen LogP contribution in [0, 0.1) is 6.92 Å². The predicted molar refractivity (Wildman–Crippen MR) is 76.0 cm³/mol. The third-order valence-electron chi connectivity index (χ3n) is 2.97. The van der Waals surface area contributed by atoms with E-state index in [9.17, 15) is 0 Å². The van der Waals surface area contributed by atoms with Crippen molar-refractivity contribution in [1.82, 2.24) is 4.98 Å². The van der Waals surface area contributed by atoms with Crippen molar-refractivity contribution in [2.75, 3.05) is 11.4 Å². The van der Waals surface area contributed by atoms with Crippen LogP contribution in [0.5, 0.6) is 0 Å². The summed E-state index contributed by atoms with van der Waals surface area (Å²) in [4.78, 5) is 6.66. The molecule has 1 aromatic heterocycles. The average molecular weight is 241 g/mol. The summed E-state index contributed by atoms with van der Waals surface area (Å²) in [6.45, 7) is 5.59. The van der Waals surface area contributed by atoms with E-state index in [4.69, 9.17) is 5.73 Å². The molecule has 2 N–H and O–H groups in total. The van der Waals surface area contributed by atoms with Crippen LogP contribution in [0.15, 0.2) is 42.6 Å². The van der Waals surface area contributed by atoms with Crippen molar-refractivity contribution in [3.63, 3.8) is 0 Å². The van der Waals surface area contributed by atoms with Crippen molar-refractivity contribution in [1.29, 1.82) is 0 Å². The van der Waals surface area contributed by atoms with Gasteiger partial charge in [0.05, 0.1) is 0 Å². The van der Waals surface area contributed by atoms with E-state index in [1.54, 1.807) is 0 Å². The van der Waals surface area contributed by atoms with E-state index >= 15 is 0 Å². The fraction of sp³-hybridized carbons (Fsp3) is 0.267. The molecule has 0 radical (unpaired) electrons. The number of nitrogens with two attached hydrogens (primary N) is 1. The SMILES string of the molecule is CCN(c1cccc(C)c1)c1ncccc1CN. The highest BCUT2D eigenvalue weighted by molar-refractivity contribution is 5.63. The van der Waals surface area contributed by atoms with Gasteiger partial charge in [-0.1, -0.05) is 18.2 Å². The molecule has 2 aromatic rings. The van der Waals surface area contributed by atoms with Crippen LogP contribution in [0.4, 0.5) is 11.5 Å². The molecule has 0 unspecified atom stereocenters. The highest BCUT2D eigenvalue weighted by atomic mass is 15.2. The molecule has 0 aliphatic heterocycles. The number of aryl methyl sites for hydroxylation is 1. The first-order valence-electron chi connectivity index (χ1n) is 6.24. The van der Waals surface area contributed by atoms with Crippen LogP contribution >= 0.6 is 0 Å². The van der Waals surface area contributed by atoms with Crippen molar-refractivity contribution in [3.05, 3.63) is 53.7 Å². The first kappa shape index (κ1) is 12.6. The van der Waals surface area contributed by atoms with Gasteiger partial charge in [0.25, 0.3) is 0 Å². The summed E-state index contributed by atoms with van der Waals surface area (Å²) in [6.07, 6.45) is 1.81. The number of pyridine rings is 1. The van der Waals surface area contributed by atoms with Crippen molar-refractivity contribution >= 4 is 11.5 Å². The summed E-state index contributed by atoms with van der Waals surface area (Å²) in [5.41, 5.74) is 9.26. The van der Waals surface area contributed by atoms with Gasteiger partial charge in [-0.3, -0.25) is 0 Å². The number of anilines is 2. The fourth-order valence-corrected chi connectivity index (χ4v) is 2.08. The average Bonchev–Trinajstić information content (AvgIpc) is 2.40. The zero-order valence-electron chi connectivity index (χ0n) is 10.9. The molecule has 0 bridgehead atoms. The van der Waals surface area contributed by atoms with Gasteiger partial charge in [0.15, 0.2) is 0 Å². The van der Waals surface area contributed by atoms with Gasteiger partial charge < -0.3 is 10.6 Å². The Hall–Kier alpha value is -1.87. The maximum absolute atomic E-state index is 5.78. The first-order valence-corrected chi connectivity index (χ1v) is 6.24. The molecule has 0 fully saturated rings. The Kier molecular flexibility index (Phi) is 3.95. The number of hydrogen-bond acceptors (Lipinski definition) is 3. The lowest BCUT2D eigenvalue weighted by molar-refractivity contribution is 0.948. The maximum atomic E-state index is 5.78. The van der Waals surface area contributed by atoms with E-state index in [0.29, 0.717) is 6.54 Å². The summed E-state index contributed by atoms with van der Waals surface area (Å²) in [6, 6.07) is 12.4. The largest absolute Gasteiger partial charge is 0.326 e. The minimum Gasteiger partial charge on any atom is -0.326 e. The van der Waals surface area contributed by atoms with Gasteiger partial charge in [0.2, 0.25) is 0 Å². The molecule has 0 spiro atoms. The lowest BCUT2D eigenvalue weighted by Gasteiger charge is -2.24. The highest BCUT2D eigenvalue weighted by Gasteiger charge is 2.12. The molecule has 3 heteroatoms. The third-order valence-corrected chi connectivity index (χ3v) is 2.97. The van der Waals surface area contributed by atoms with E-state index in [-0.39, 0.29) is 0 Å². The molecule has 3 nitrogen and oxygen atoms in total. The van der Waals surface area contributed by atoms with Gasteiger partial charge >= 0.3 is 0 Å². The molecule has 0 saturated heterocycles. The minimum atomic E-state index is 0.505. The Morgan fingerprint density at radius 1 is 1.22 bits per heavy atom. The van der Waals surface area contributed by atoms with E-state index < -0.39 is 0 Å². The van der Waals surface area contributed by atoms with Crippen molar-refractivity contribution in [3.8, 4) is 0 Å². The van der Waals surface area contributed by atoms with E-state index in [1.165, 1.54) is 5.56 Å². The van der Waals surface area contributed by atoms with Crippen LogP contribution in [0.1, 0.15) is 18.1 Å². The van der Waals surface area contributed by atoms with Crippen LogP contribution in [-0.2, 0) is 6.54 Å². The normalized spacial score (nSPS) is 10.4. The molecule has 0 aliphatic rings. The molecule has 94 valence electrons. The number of rotatable bonds is 4. The Labute approximate surface area is 108 Å². The lowest BCUT2D eigenvalue weighted by atomic mass is 10.2. The van der Waals surface area contributed by atoms with E-state index in [1.807, 2.05) is 18.3 Å². The molecular weight excluding hydrogens is 222 g/mol. The molecular formula is C15H19N3. The van der Waals surface area contributed by atoms with Gasteiger partial charge in [0.1, 0.15) is 5.82 Å². The second kappa shape index (κ2) is 5.65. The zero-order valence-corrected chi connectivity index (χ0v) is 10.9. The number of benzene rings is 1. The Morgan fingerprint density at radius 2 is 2.06 bits per heavy atom. The Balaban J connectivity index is 2.45. The summed E-state index contributed by atoms with van der Waals surface area (Å²) in [5, 5.41) is 0. The summed E-state index contributed by atoms with van der Waals surface area (Å²) in [5.74, 6) is 0.952. The van der Waals surface area contributed by atoms with Crippen LogP contribution in [0.3, 0.4) is 0 Å². The third kappa shape index (κ3) is 2.51. The van der Waals surface area contributed by atoms with Gasteiger partial charge in [-0.25, -0.2) is 4.98 Å². The van der Waals surface area contributed by atoms with Gasteiger partial charge in [-0.15, -0.1) is 0 Å². The Bertz CT molecular complexity index is 523. The lowest BCUT2D eigenvalue weighted by Crippen LogP contribution is -2.20. The van der Waals surface area contributed by atoms with Gasteiger partial charge in [-0.05, 0) is 37.6 Å². The number of hydrogen-bond donors (Lipinski definition) is 1. The van der Waals surface area contributed by atoms with Gasteiger partial charge in [0, 0.05) is 30.5 Å². The van der Waals surface area contributed by atoms with Crippen LogP contribution in [0.25, 0.3) is 0 Å². The molecule has 18 heavy (non-hydrogen) atoms. The smallest absolute Gasteiger partial charge is 0.137 e. The van der Waals surface area contributed by atoms with Crippen molar-refractivity contribution < 1.29 is 0 Å². The maximum Gasteiger partial charge on any atom is 0.137 e. The number of nitrogens with zero attached hydrogens (tertiary/aromatic N) is 2. The summed E-state index contributed by atoms with van der Waals surface area (Å²) >= 11 is 0. The molecule has 0 saturated carbocycles. The number of aromatic nitrogens is 1. The topological polar surface area (TPSA) is 42.2 Å². The summed E-state index contributed by atoms with van der Waals surface area (Å²) < 4.78 is 0. The van der Waals surface area contributed by atoms with Crippen molar-refractivity contribution in [2.24, 2.45) is 5.73 Å². The van der Waals surface area contributed by atoms with Crippen molar-refractivity contribution in [2.45, 2.75) is 20.4 Å². The quantitative estimate of drug-likeness (QED) is 0.894. The molecule has 0 amide bonds. The van der Waals surface area contributed by atoms with Crippen LogP contribution < -0.4 is 10.6 Å². The first-order chi connectivity index (χ1) is 8.76. The second-order valence-corrected chi connectivity index (χ2v) is 4.27. The summed E-state index contributed by atoms with van der Waals surface area (Å²) in [7, 11) is 0. The molecule has 0 aliphatic carbocycles. The monoisotopic (exact) mass is 241 g/mol. The highest BCUT2D eigenvalue weighted by Crippen LogP contribution is 2.26. The van der Waals surface area contributed by atoms with E-state index in [2.05, 4.69) is 48.0 Å². The minimum absolute atomic E-state index is 0.505. The van der Waals surface area contributed by atoms with E-state index in [0.717, 1.165) is 23.6 Å². The van der Waals surface area contributed by atoms with Crippen LogP contribution in [-0.4, -0.2) is 11.5 Å². The zero-order chi connectivity index (χ0) is 13.0. The molecule has 2 rings (SSSR count). The van der Waals surface area contributed by atoms with Crippen LogP contribution in [0.2, 0.25) is 0 Å². The molecule has 0 atom stereocenters. The predicted octanol–water partition coefficient (Wildman–Crippen LogP) is 3.01. The molecule has 1 aromatic carbocycles. The Morgan fingerprint density at radius 3 is 2.72 bits per heavy atom. The van der Waals surface area contributed by atoms with Gasteiger partial charge in [-0.2, -0.15) is 0 Å². The standard InChI is InChI=1S/C15H19N3/c1-3-18(14-8-4-6-12(2)10-14)15-13(11-16)7-5-9-17-15/h4-10H,3,11,16H2,1-2H3. The fourth-order valence-electron chi connectivity index (χ4n) is 2.08. The molecule has 1 heterocycles. The second-order valence-electron chi connectivity index (χ2n) is 4.27.